The van der Waals surface area contributed by atoms with Gasteiger partial charge >= 0.3 is 12.1 Å². The average Bonchev–Trinajstić information content (AvgIpc) is 2.85. The predicted molar refractivity (Wildman–Crippen MR) is 138 cm³/mol. The van der Waals surface area contributed by atoms with Crippen LogP contribution < -0.4 is 16.0 Å². The van der Waals surface area contributed by atoms with Crippen molar-refractivity contribution < 1.29 is 9.59 Å². The zero-order valence-electron chi connectivity index (χ0n) is 21.4. The van der Waals surface area contributed by atoms with E-state index in [1.165, 1.54) is 51.4 Å². The van der Waals surface area contributed by atoms with Gasteiger partial charge < -0.3 is 20.9 Å². The molecule has 3 N–H and O–H groups in total. The second kappa shape index (κ2) is 26.8. The van der Waals surface area contributed by atoms with Gasteiger partial charge in [0.2, 0.25) is 0 Å². The summed E-state index contributed by atoms with van der Waals surface area (Å²) in [4.78, 5) is 23.3. The molecule has 1 fully saturated rings. The Morgan fingerprint density at radius 3 is 1.69 bits per heavy atom. The molecule has 0 aliphatic carbocycles. The van der Waals surface area contributed by atoms with Crippen molar-refractivity contribution in [3.8, 4) is 0 Å². The Bertz CT molecular complexity index is 479. The quantitative estimate of drug-likeness (QED) is 0.316. The molecular weight excluding hydrogens is 400 g/mol. The molecule has 0 spiro atoms. The van der Waals surface area contributed by atoms with Crippen LogP contribution in [-0.2, 0) is 0 Å². The molecule has 0 saturated carbocycles. The topological polar surface area (TPSA) is 73.5 Å². The Labute approximate surface area is 197 Å². The highest BCUT2D eigenvalue weighted by atomic mass is 16.2. The van der Waals surface area contributed by atoms with Gasteiger partial charge in [-0.15, -0.1) is 0 Å². The molecule has 1 aromatic rings. The number of carbonyl (C=O) groups is 2. The molecule has 0 aromatic heterocycles. The molecule has 0 atom stereocenters. The Balaban J connectivity index is 0. The summed E-state index contributed by atoms with van der Waals surface area (Å²) in [5.41, 5.74) is 0. The minimum Gasteiger partial charge on any atom is -0.341 e. The van der Waals surface area contributed by atoms with E-state index in [0.717, 1.165) is 32.6 Å². The van der Waals surface area contributed by atoms with Crippen molar-refractivity contribution in [1.82, 2.24) is 20.9 Å². The third kappa shape index (κ3) is 22.4. The van der Waals surface area contributed by atoms with Crippen LogP contribution in [0, 0.1) is 0 Å². The number of carbonyl (C=O) groups excluding carboxylic acids is 2. The van der Waals surface area contributed by atoms with Crippen LogP contribution in [0.4, 0.5) is 9.59 Å². The molecule has 6 heteroatoms. The lowest BCUT2D eigenvalue weighted by molar-refractivity contribution is 0.154. The maximum atomic E-state index is 10.8. The first-order valence-electron chi connectivity index (χ1n) is 12.6. The van der Waals surface area contributed by atoms with E-state index in [-0.39, 0.29) is 12.1 Å². The largest absolute Gasteiger partial charge is 0.341 e. The van der Waals surface area contributed by atoms with E-state index >= 15 is 0 Å². The van der Waals surface area contributed by atoms with Gasteiger partial charge in [-0.05, 0) is 12.8 Å². The van der Waals surface area contributed by atoms with E-state index in [9.17, 15) is 9.59 Å². The standard InChI is InChI=1S/C9H18N2O.C9H20N2O.C6H6.C2H6/c1-2-3-4-5-6-7-11-8-10-9(11)12;1-3-4-5-6-7-8-11-9(12)10-2;1-2-4-6-5-3-1;1-2/h2-8H2,1H3,(H,10,12);3-8H2,1-2H3,(H2,10,11,12);1-6H;1-2H3. The van der Waals surface area contributed by atoms with Crippen molar-refractivity contribution in [3.05, 3.63) is 36.4 Å². The van der Waals surface area contributed by atoms with Crippen LogP contribution in [0.5, 0.6) is 0 Å². The number of nitrogens with zero attached hydrogens (tertiary/aromatic N) is 1. The van der Waals surface area contributed by atoms with Gasteiger partial charge in [0.25, 0.3) is 0 Å². The van der Waals surface area contributed by atoms with Gasteiger partial charge in [-0.1, -0.05) is 115 Å². The van der Waals surface area contributed by atoms with Crippen molar-refractivity contribution >= 4 is 12.1 Å². The summed E-state index contributed by atoms with van der Waals surface area (Å²) in [6.07, 6.45) is 12.5. The summed E-state index contributed by atoms with van der Waals surface area (Å²) in [6, 6.07) is 12.0. The zero-order chi connectivity index (χ0) is 24.3. The average molecular weight is 451 g/mol. The van der Waals surface area contributed by atoms with Crippen LogP contribution in [0.15, 0.2) is 36.4 Å². The maximum Gasteiger partial charge on any atom is 0.320 e. The van der Waals surface area contributed by atoms with Crippen LogP contribution in [0.25, 0.3) is 0 Å². The number of benzene rings is 1. The first kappa shape index (κ1) is 31.9. The second-order valence-corrected chi connectivity index (χ2v) is 7.39. The summed E-state index contributed by atoms with van der Waals surface area (Å²) in [5, 5.41) is 7.97. The molecule has 0 radical (unpaired) electrons. The van der Waals surface area contributed by atoms with E-state index < -0.39 is 0 Å². The molecular formula is C26H50N4O2. The lowest BCUT2D eigenvalue weighted by Gasteiger charge is -2.31. The number of hydrogen-bond acceptors (Lipinski definition) is 2. The highest BCUT2D eigenvalue weighted by Gasteiger charge is 2.20. The molecule has 186 valence electrons. The minimum absolute atomic E-state index is 0.0782. The Hall–Kier alpha value is -2.24. The van der Waals surface area contributed by atoms with Crippen LogP contribution in [0.2, 0.25) is 0 Å². The van der Waals surface area contributed by atoms with Crippen LogP contribution in [0.1, 0.15) is 91.9 Å². The Kier molecular flexibility index (Phi) is 26.7. The number of urea groups is 2. The minimum atomic E-state index is -0.0782. The molecule has 1 aromatic carbocycles. The first-order valence-corrected chi connectivity index (χ1v) is 12.6. The number of hydrogen-bond donors (Lipinski definition) is 3. The molecule has 4 amide bonds. The fourth-order valence-corrected chi connectivity index (χ4v) is 2.75. The maximum absolute atomic E-state index is 10.8. The summed E-state index contributed by atoms with van der Waals surface area (Å²) >= 11 is 0. The first-order chi connectivity index (χ1) is 15.7. The molecule has 1 aliphatic heterocycles. The highest BCUT2D eigenvalue weighted by molar-refractivity contribution is 5.78. The van der Waals surface area contributed by atoms with Gasteiger partial charge in [0.1, 0.15) is 0 Å². The smallest absolute Gasteiger partial charge is 0.320 e. The van der Waals surface area contributed by atoms with E-state index in [4.69, 9.17) is 0 Å². The second-order valence-electron chi connectivity index (χ2n) is 7.39. The Morgan fingerprint density at radius 1 is 0.844 bits per heavy atom. The normalized spacial score (nSPS) is 11.2. The van der Waals surface area contributed by atoms with Gasteiger partial charge in [0.05, 0.1) is 6.67 Å². The molecule has 2 rings (SSSR count). The third-order valence-corrected chi connectivity index (χ3v) is 4.70. The van der Waals surface area contributed by atoms with E-state index in [1.54, 1.807) is 7.05 Å². The van der Waals surface area contributed by atoms with Gasteiger partial charge in [-0.25, -0.2) is 9.59 Å². The van der Waals surface area contributed by atoms with Crippen molar-refractivity contribution in [1.29, 1.82) is 0 Å². The van der Waals surface area contributed by atoms with Gasteiger partial charge in [-0.3, -0.25) is 0 Å². The van der Waals surface area contributed by atoms with Gasteiger partial charge in [-0.2, -0.15) is 0 Å². The number of unbranched alkanes of at least 4 members (excludes halogenated alkanes) is 8. The van der Waals surface area contributed by atoms with Gasteiger partial charge in [0, 0.05) is 20.1 Å². The van der Waals surface area contributed by atoms with Crippen LogP contribution in [0.3, 0.4) is 0 Å². The summed E-state index contributed by atoms with van der Waals surface area (Å²) in [6.45, 7) is 10.9. The number of rotatable bonds is 12. The van der Waals surface area contributed by atoms with Crippen molar-refractivity contribution in [2.75, 3.05) is 26.8 Å². The fourth-order valence-electron chi connectivity index (χ4n) is 2.75. The SMILES string of the molecule is CC.CCCCCCCN1CNC1=O.CCCCCCCNC(=O)NC.c1ccccc1. The van der Waals surface area contributed by atoms with Crippen molar-refractivity contribution in [3.63, 3.8) is 0 Å². The van der Waals surface area contributed by atoms with Crippen LogP contribution >= 0.6 is 0 Å². The summed E-state index contributed by atoms with van der Waals surface area (Å²) < 4.78 is 0. The molecule has 1 heterocycles. The lowest BCUT2D eigenvalue weighted by Crippen LogP contribution is -2.56. The molecule has 0 unspecified atom stereocenters. The lowest BCUT2D eigenvalue weighted by atomic mass is 10.1. The summed E-state index contributed by atoms with van der Waals surface area (Å²) in [5.74, 6) is 0. The van der Waals surface area contributed by atoms with Crippen molar-refractivity contribution in [2.24, 2.45) is 0 Å². The molecule has 6 nitrogen and oxygen atoms in total. The molecule has 32 heavy (non-hydrogen) atoms. The molecule has 1 aliphatic rings. The monoisotopic (exact) mass is 450 g/mol. The van der Waals surface area contributed by atoms with E-state index in [2.05, 4.69) is 29.8 Å². The number of nitrogens with one attached hydrogen (secondary N) is 3. The molecule has 1 saturated heterocycles. The van der Waals surface area contributed by atoms with E-state index in [0.29, 0.717) is 0 Å². The predicted octanol–water partition coefficient (Wildman–Crippen LogP) is 6.54. The fraction of sp³-hybridized carbons (Fsp3) is 0.692. The molecule has 0 bridgehead atoms. The van der Waals surface area contributed by atoms with Crippen molar-refractivity contribution in [2.45, 2.75) is 91.9 Å². The van der Waals surface area contributed by atoms with Gasteiger partial charge in [0.15, 0.2) is 0 Å². The third-order valence-electron chi connectivity index (χ3n) is 4.70. The Morgan fingerprint density at radius 2 is 1.31 bits per heavy atom. The van der Waals surface area contributed by atoms with E-state index in [1.807, 2.05) is 55.1 Å². The zero-order valence-corrected chi connectivity index (χ0v) is 21.4. The number of amides is 4. The van der Waals surface area contributed by atoms with Crippen LogP contribution in [-0.4, -0.2) is 43.8 Å². The summed E-state index contributed by atoms with van der Waals surface area (Å²) in [7, 11) is 1.63. The highest BCUT2D eigenvalue weighted by Crippen LogP contribution is 2.06.